The molecule has 3 rings (SSSR count). The van der Waals surface area contributed by atoms with Crippen LogP contribution in [0.15, 0.2) is 40.5 Å². The Balaban J connectivity index is 1.62. The number of hydrogen-bond donors (Lipinski definition) is 3. The molecule has 2 aromatic heterocycles. The van der Waals surface area contributed by atoms with Gasteiger partial charge in [-0.3, -0.25) is 0 Å². The number of benzene rings is 1. The number of H-pyrrole nitrogens is 1. The number of oxime groups is 1. The van der Waals surface area contributed by atoms with Crippen LogP contribution in [0.25, 0.3) is 0 Å². The standard InChI is InChI=1S/C16H16ClFN6O2/c17-12-5-10(1-2-13(12)18)6-14(22-25)16-15(23-26-24-16)8-19-4-3-11-7-20-9-21-11/h1-2,5,7,9,19,25H,3-4,6,8H2,(H,20,21). The monoisotopic (exact) mass is 378 g/mol. The number of halogens is 2. The molecule has 136 valence electrons. The molecule has 10 heteroatoms. The van der Waals surface area contributed by atoms with Gasteiger partial charge in [-0.2, -0.15) is 0 Å². The molecule has 0 bridgehead atoms. The van der Waals surface area contributed by atoms with Crippen molar-refractivity contribution in [1.82, 2.24) is 25.6 Å². The van der Waals surface area contributed by atoms with Gasteiger partial charge in [0, 0.05) is 37.8 Å². The van der Waals surface area contributed by atoms with Crippen LogP contribution < -0.4 is 5.32 Å². The van der Waals surface area contributed by atoms with Crippen molar-refractivity contribution in [2.45, 2.75) is 19.4 Å². The van der Waals surface area contributed by atoms with Gasteiger partial charge in [-0.1, -0.05) is 28.0 Å². The average Bonchev–Trinajstić information content (AvgIpc) is 3.31. The van der Waals surface area contributed by atoms with Crippen LogP contribution in [-0.4, -0.2) is 37.7 Å². The van der Waals surface area contributed by atoms with Crippen molar-refractivity contribution < 1.29 is 14.2 Å². The second-order valence-corrected chi connectivity index (χ2v) is 5.94. The van der Waals surface area contributed by atoms with E-state index in [1.165, 1.54) is 12.1 Å². The Morgan fingerprint density at radius 1 is 1.38 bits per heavy atom. The molecule has 0 aliphatic heterocycles. The number of aromatic amines is 1. The number of aromatic nitrogens is 4. The zero-order valence-electron chi connectivity index (χ0n) is 13.6. The summed E-state index contributed by atoms with van der Waals surface area (Å²) in [5.74, 6) is -0.511. The zero-order valence-corrected chi connectivity index (χ0v) is 14.4. The fraction of sp³-hybridized carbons (Fsp3) is 0.250. The highest BCUT2D eigenvalue weighted by molar-refractivity contribution is 6.30. The molecular weight excluding hydrogens is 363 g/mol. The number of imidazole rings is 1. The van der Waals surface area contributed by atoms with Crippen LogP contribution in [0.1, 0.15) is 22.6 Å². The molecule has 0 spiro atoms. The summed E-state index contributed by atoms with van der Waals surface area (Å²) in [6.45, 7) is 1.07. The van der Waals surface area contributed by atoms with Gasteiger partial charge in [0.25, 0.3) is 0 Å². The maximum absolute atomic E-state index is 13.3. The Morgan fingerprint density at radius 2 is 2.27 bits per heavy atom. The fourth-order valence-corrected chi connectivity index (χ4v) is 2.61. The number of nitrogens with zero attached hydrogens (tertiary/aromatic N) is 4. The summed E-state index contributed by atoms with van der Waals surface area (Å²) < 4.78 is 18.0. The van der Waals surface area contributed by atoms with E-state index >= 15 is 0 Å². The van der Waals surface area contributed by atoms with Gasteiger partial charge >= 0.3 is 0 Å². The van der Waals surface area contributed by atoms with E-state index in [4.69, 9.17) is 16.2 Å². The predicted molar refractivity (Wildman–Crippen MR) is 91.7 cm³/mol. The molecule has 2 heterocycles. The third-order valence-electron chi connectivity index (χ3n) is 3.72. The van der Waals surface area contributed by atoms with Crippen LogP contribution in [0.2, 0.25) is 5.02 Å². The van der Waals surface area contributed by atoms with E-state index in [2.05, 4.69) is 30.8 Å². The molecule has 1 aromatic carbocycles. The van der Waals surface area contributed by atoms with Gasteiger partial charge in [-0.25, -0.2) is 14.0 Å². The second kappa shape index (κ2) is 8.54. The molecule has 3 aromatic rings. The Kier molecular flexibility index (Phi) is 5.92. The molecule has 0 saturated heterocycles. The van der Waals surface area contributed by atoms with Crippen molar-refractivity contribution in [3.05, 3.63) is 64.2 Å². The van der Waals surface area contributed by atoms with E-state index in [0.717, 1.165) is 12.1 Å². The lowest BCUT2D eigenvalue weighted by Gasteiger charge is -2.05. The highest BCUT2D eigenvalue weighted by Gasteiger charge is 2.18. The van der Waals surface area contributed by atoms with Crippen LogP contribution in [0, 0.1) is 5.82 Å². The van der Waals surface area contributed by atoms with Gasteiger partial charge in [-0.15, -0.1) is 0 Å². The first-order chi connectivity index (χ1) is 12.7. The maximum Gasteiger partial charge on any atom is 0.157 e. The topological polar surface area (TPSA) is 112 Å². The van der Waals surface area contributed by atoms with Crippen LogP contribution >= 0.6 is 11.6 Å². The Hall–Kier alpha value is -2.78. The molecule has 0 unspecified atom stereocenters. The minimum absolute atomic E-state index is 0.00114. The molecule has 26 heavy (non-hydrogen) atoms. The second-order valence-electron chi connectivity index (χ2n) is 5.54. The number of rotatable bonds is 8. The molecule has 0 radical (unpaired) electrons. The van der Waals surface area contributed by atoms with E-state index < -0.39 is 5.82 Å². The molecule has 0 fully saturated rings. The minimum atomic E-state index is -0.511. The van der Waals surface area contributed by atoms with Gasteiger partial charge in [0.2, 0.25) is 0 Å². The van der Waals surface area contributed by atoms with Crippen molar-refractivity contribution in [1.29, 1.82) is 0 Å². The molecule has 0 atom stereocenters. The maximum atomic E-state index is 13.3. The molecule has 0 amide bonds. The van der Waals surface area contributed by atoms with Crippen LogP contribution in [0.3, 0.4) is 0 Å². The van der Waals surface area contributed by atoms with Gasteiger partial charge in [0.15, 0.2) is 5.69 Å². The quantitative estimate of drug-likeness (QED) is 0.240. The highest BCUT2D eigenvalue weighted by atomic mass is 35.5. The van der Waals surface area contributed by atoms with E-state index in [1.807, 2.05) is 0 Å². The van der Waals surface area contributed by atoms with Gasteiger partial charge in [0.1, 0.15) is 17.2 Å². The lowest BCUT2D eigenvalue weighted by atomic mass is 10.0. The summed E-state index contributed by atoms with van der Waals surface area (Å²) in [7, 11) is 0. The van der Waals surface area contributed by atoms with Crippen LogP contribution in [-0.2, 0) is 19.4 Å². The summed E-state index contributed by atoms with van der Waals surface area (Å²) in [4.78, 5) is 6.97. The number of nitrogens with one attached hydrogen (secondary N) is 2. The van der Waals surface area contributed by atoms with Gasteiger partial charge in [-0.05, 0) is 22.9 Å². The van der Waals surface area contributed by atoms with E-state index in [0.29, 0.717) is 30.0 Å². The normalized spacial score (nSPS) is 11.8. The van der Waals surface area contributed by atoms with E-state index in [1.54, 1.807) is 18.6 Å². The third-order valence-corrected chi connectivity index (χ3v) is 4.01. The Labute approximate surface area is 153 Å². The highest BCUT2D eigenvalue weighted by Crippen LogP contribution is 2.18. The average molecular weight is 379 g/mol. The SMILES string of the molecule is ON=C(Cc1ccc(F)c(Cl)c1)c1nonc1CNCCc1cnc[nH]1. The summed E-state index contributed by atoms with van der Waals surface area (Å²) in [6.07, 6.45) is 4.36. The molecule has 3 N–H and O–H groups in total. The van der Waals surface area contributed by atoms with Gasteiger partial charge in [0.05, 0.1) is 11.3 Å². The first-order valence-electron chi connectivity index (χ1n) is 7.82. The third kappa shape index (κ3) is 4.44. The lowest BCUT2D eigenvalue weighted by molar-refractivity contribution is 0.300. The van der Waals surface area contributed by atoms with Crippen molar-refractivity contribution in [3.63, 3.8) is 0 Å². The molecule has 0 aliphatic rings. The Morgan fingerprint density at radius 3 is 3.00 bits per heavy atom. The van der Waals surface area contributed by atoms with Crippen molar-refractivity contribution in [3.8, 4) is 0 Å². The summed E-state index contributed by atoms with van der Waals surface area (Å²) in [6, 6.07) is 4.28. The first kappa shape index (κ1) is 18.0. The fourth-order valence-electron chi connectivity index (χ4n) is 2.40. The summed E-state index contributed by atoms with van der Waals surface area (Å²) in [5, 5.41) is 23.5. The van der Waals surface area contributed by atoms with Crippen molar-refractivity contribution >= 4 is 17.3 Å². The van der Waals surface area contributed by atoms with Gasteiger partial charge < -0.3 is 15.5 Å². The van der Waals surface area contributed by atoms with Crippen LogP contribution in [0.5, 0.6) is 0 Å². The molecule has 0 aliphatic carbocycles. The van der Waals surface area contributed by atoms with Crippen molar-refractivity contribution in [2.24, 2.45) is 5.16 Å². The largest absolute Gasteiger partial charge is 0.411 e. The summed E-state index contributed by atoms with van der Waals surface area (Å²) in [5.41, 5.74) is 2.78. The predicted octanol–water partition coefficient (Wildman–Crippen LogP) is 2.34. The smallest absolute Gasteiger partial charge is 0.157 e. The number of hydrogen-bond acceptors (Lipinski definition) is 7. The van der Waals surface area contributed by atoms with Crippen molar-refractivity contribution in [2.75, 3.05) is 6.54 Å². The van der Waals surface area contributed by atoms with Crippen LogP contribution in [0.4, 0.5) is 4.39 Å². The Bertz CT molecular complexity index is 881. The first-order valence-corrected chi connectivity index (χ1v) is 8.19. The molecule has 0 saturated carbocycles. The zero-order chi connectivity index (χ0) is 18.4. The molecular formula is C16H16ClFN6O2. The molecule has 8 nitrogen and oxygen atoms in total. The van der Waals surface area contributed by atoms with E-state index in [-0.39, 0.29) is 17.2 Å². The minimum Gasteiger partial charge on any atom is -0.411 e. The van der Waals surface area contributed by atoms with E-state index in [9.17, 15) is 9.60 Å². The summed E-state index contributed by atoms with van der Waals surface area (Å²) >= 11 is 5.78. The lowest BCUT2D eigenvalue weighted by Crippen LogP contribution is -2.19.